The van der Waals surface area contributed by atoms with Crippen molar-refractivity contribution < 1.29 is 0 Å². The van der Waals surface area contributed by atoms with Crippen molar-refractivity contribution in [1.29, 1.82) is 5.26 Å². The number of hydrogen-bond acceptors (Lipinski definition) is 4. The van der Waals surface area contributed by atoms with E-state index in [2.05, 4.69) is 27.9 Å². The average molecular weight is 334 g/mol. The highest BCUT2D eigenvalue weighted by Crippen LogP contribution is 2.20. The summed E-state index contributed by atoms with van der Waals surface area (Å²) in [5, 5.41) is 8.67. The minimum absolute atomic E-state index is 0. The SMILES string of the molecule is CN1CCCN=C1N1CCC(CC#N)C1.I. The van der Waals surface area contributed by atoms with Gasteiger partial charge in [-0.15, -0.1) is 24.0 Å². The van der Waals surface area contributed by atoms with Gasteiger partial charge in [-0.1, -0.05) is 0 Å². The monoisotopic (exact) mass is 334 g/mol. The summed E-state index contributed by atoms with van der Waals surface area (Å²) < 4.78 is 0. The molecule has 0 aromatic heterocycles. The molecule has 2 rings (SSSR count). The van der Waals surface area contributed by atoms with E-state index in [0.29, 0.717) is 12.3 Å². The highest BCUT2D eigenvalue weighted by atomic mass is 127. The molecule has 5 heteroatoms. The van der Waals surface area contributed by atoms with Crippen molar-refractivity contribution >= 4 is 29.9 Å². The van der Waals surface area contributed by atoms with Gasteiger partial charge in [0, 0.05) is 39.6 Å². The van der Waals surface area contributed by atoms with Crippen molar-refractivity contribution in [2.75, 3.05) is 33.2 Å². The number of aliphatic imine (C=N–C) groups is 1. The molecule has 0 amide bonds. The lowest BCUT2D eigenvalue weighted by atomic mass is 10.1. The topological polar surface area (TPSA) is 42.6 Å². The molecule has 0 saturated carbocycles. The summed E-state index contributed by atoms with van der Waals surface area (Å²) in [5.74, 6) is 1.69. The predicted molar refractivity (Wildman–Crippen MR) is 74.9 cm³/mol. The molecule has 1 unspecified atom stereocenters. The molecule has 2 aliphatic rings. The van der Waals surface area contributed by atoms with Crippen molar-refractivity contribution in [2.45, 2.75) is 19.3 Å². The van der Waals surface area contributed by atoms with Gasteiger partial charge in [0.1, 0.15) is 0 Å². The molecule has 0 spiro atoms. The van der Waals surface area contributed by atoms with Crippen LogP contribution < -0.4 is 0 Å². The molecule has 1 saturated heterocycles. The Morgan fingerprint density at radius 2 is 2.31 bits per heavy atom. The van der Waals surface area contributed by atoms with Gasteiger partial charge in [0.25, 0.3) is 0 Å². The lowest BCUT2D eigenvalue weighted by Crippen LogP contribution is -2.44. The predicted octanol–water partition coefficient (Wildman–Crippen LogP) is 1.53. The Balaban J connectivity index is 0.00000128. The minimum atomic E-state index is 0. The average Bonchev–Trinajstić information content (AvgIpc) is 2.68. The van der Waals surface area contributed by atoms with Crippen molar-refractivity contribution in [3.05, 3.63) is 0 Å². The van der Waals surface area contributed by atoms with Gasteiger partial charge in [0.2, 0.25) is 0 Å². The van der Waals surface area contributed by atoms with Crippen molar-refractivity contribution in [3.8, 4) is 6.07 Å². The van der Waals surface area contributed by atoms with E-state index in [9.17, 15) is 0 Å². The molecule has 4 nitrogen and oxygen atoms in total. The number of halogens is 1. The number of nitrogens with zero attached hydrogens (tertiary/aromatic N) is 4. The summed E-state index contributed by atoms with van der Waals surface area (Å²) in [6.45, 7) is 4.14. The van der Waals surface area contributed by atoms with Gasteiger partial charge in [-0.05, 0) is 18.8 Å². The fourth-order valence-corrected chi connectivity index (χ4v) is 2.36. The fourth-order valence-electron chi connectivity index (χ4n) is 2.36. The molecule has 0 aromatic carbocycles. The third-order valence-corrected chi connectivity index (χ3v) is 3.19. The quantitative estimate of drug-likeness (QED) is 0.683. The van der Waals surface area contributed by atoms with E-state index < -0.39 is 0 Å². The van der Waals surface area contributed by atoms with Crippen LogP contribution in [0.3, 0.4) is 0 Å². The Morgan fingerprint density at radius 1 is 1.50 bits per heavy atom. The molecule has 0 radical (unpaired) electrons. The van der Waals surface area contributed by atoms with E-state index in [0.717, 1.165) is 45.0 Å². The summed E-state index contributed by atoms with van der Waals surface area (Å²) in [6, 6.07) is 2.26. The number of rotatable bonds is 1. The van der Waals surface area contributed by atoms with Gasteiger partial charge < -0.3 is 9.80 Å². The molecule has 2 heterocycles. The van der Waals surface area contributed by atoms with Crippen LogP contribution in [0.2, 0.25) is 0 Å². The minimum Gasteiger partial charge on any atom is -0.346 e. The molecule has 2 aliphatic heterocycles. The van der Waals surface area contributed by atoms with Crippen LogP contribution >= 0.6 is 24.0 Å². The van der Waals surface area contributed by atoms with E-state index in [-0.39, 0.29) is 24.0 Å². The maximum atomic E-state index is 8.67. The summed E-state index contributed by atoms with van der Waals surface area (Å²) >= 11 is 0. The number of likely N-dealkylation sites (tertiary alicyclic amines) is 1. The Hall–Kier alpha value is -0.510. The second-order valence-corrected chi connectivity index (χ2v) is 4.42. The fraction of sp³-hybridized carbons (Fsp3) is 0.818. The first-order valence-electron chi connectivity index (χ1n) is 5.68. The zero-order valence-electron chi connectivity index (χ0n) is 9.72. The van der Waals surface area contributed by atoms with Crippen LogP contribution in [0.5, 0.6) is 0 Å². The highest BCUT2D eigenvalue weighted by molar-refractivity contribution is 14.0. The van der Waals surface area contributed by atoms with Gasteiger partial charge in [-0.25, -0.2) is 0 Å². The Kier molecular flexibility index (Phi) is 5.32. The van der Waals surface area contributed by atoms with Gasteiger partial charge in [0.15, 0.2) is 5.96 Å². The first-order valence-corrected chi connectivity index (χ1v) is 5.68. The molecule has 16 heavy (non-hydrogen) atoms. The van der Waals surface area contributed by atoms with Gasteiger partial charge in [0.05, 0.1) is 6.07 Å². The smallest absolute Gasteiger partial charge is 0.196 e. The second kappa shape index (κ2) is 6.28. The normalized spacial score (nSPS) is 24.8. The van der Waals surface area contributed by atoms with Crippen molar-refractivity contribution in [1.82, 2.24) is 9.80 Å². The third-order valence-electron chi connectivity index (χ3n) is 3.19. The highest BCUT2D eigenvalue weighted by Gasteiger charge is 2.27. The first-order chi connectivity index (χ1) is 7.31. The third kappa shape index (κ3) is 3.00. The molecule has 0 N–H and O–H groups in total. The molecular formula is C11H19IN4. The molecular weight excluding hydrogens is 315 g/mol. The van der Waals surface area contributed by atoms with E-state index in [4.69, 9.17) is 5.26 Å². The van der Waals surface area contributed by atoms with Crippen LogP contribution in [-0.4, -0.2) is 49.0 Å². The maximum Gasteiger partial charge on any atom is 0.196 e. The zero-order valence-corrected chi connectivity index (χ0v) is 12.1. The van der Waals surface area contributed by atoms with Gasteiger partial charge in [-0.2, -0.15) is 5.26 Å². The maximum absolute atomic E-state index is 8.67. The van der Waals surface area contributed by atoms with Crippen LogP contribution in [0.15, 0.2) is 4.99 Å². The lowest BCUT2D eigenvalue weighted by molar-refractivity contribution is 0.360. The summed E-state index contributed by atoms with van der Waals surface area (Å²) in [6.07, 6.45) is 2.99. The largest absolute Gasteiger partial charge is 0.346 e. The molecule has 0 aliphatic carbocycles. The second-order valence-electron chi connectivity index (χ2n) is 4.42. The Bertz CT molecular complexity index is 297. The van der Waals surface area contributed by atoms with Gasteiger partial charge in [-0.3, -0.25) is 4.99 Å². The van der Waals surface area contributed by atoms with Crippen LogP contribution in [0, 0.1) is 17.2 Å². The molecule has 90 valence electrons. The summed E-state index contributed by atoms with van der Waals surface area (Å²) in [4.78, 5) is 9.14. The summed E-state index contributed by atoms with van der Waals surface area (Å²) in [5.41, 5.74) is 0. The van der Waals surface area contributed by atoms with E-state index in [1.165, 1.54) is 0 Å². The molecule has 1 atom stereocenters. The molecule has 1 fully saturated rings. The van der Waals surface area contributed by atoms with E-state index >= 15 is 0 Å². The Labute approximate surface area is 114 Å². The molecule has 0 aromatic rings. The standard InChI is InChI=1S/C11H18N4.HI/c1-14-7-2-6-13-11(14)15-8-4-10(9-15)3-5-12;/h10H,2-4,6-9H2,1H3;1H. The van der Waals surface area contributed by atoms with E-state index in [1.807, 2.05) is 0 Å². The van der Waals surface area contributed by atoms with Crippen LogP contribution in [0.4, 0.5) is 0 Å². The number of nitriles is 1. The molecule has 0 bridgehead atoms. The van der Waals surface area contributed by atoms with Crippen molar-refractivity contribution in [2.24, 2.45) is 10.9 Å². The summed E-state index contributed by atoms with van der Waals surface area (Å²) in [7, 11) is 2.11. The lowest BCUT2D eigenvalue weighted by Gasteiger charge is -2.31. The van der Waals surface area contributed by atoms with Crippen molar-refractivity contribution in [3.63, 3.8) is 0 Å². The first kappa shape index (κ1) is 13.6. The van der Waals surface area contributed by atoms with E-state index in [1.54, 1.807) is 0 Å². The van der Waals surface area contributed by atoms with Crippen LogP contribution in [-0.2, 0) is 0 Å². The van der Waals surface area contributed by atoms with Gasteiger partial charge >= 0.3 is 0 Å². The number of hydrogen-bond donors (Lipinski definition) is 0. The Morgan fingerprint density at radius 3 is 3.00 bits per heavy atom. The van der Waals surface area contributed by atoms with Crippen LogP contribution in [0.1, 0.15) is 19.3 Å². The zero-order chi connectivity index (χ0) is 10.7. The van der Waals surface area contributed by atoms with Crippen LogP contribution in [0.25, 0.3) is 0 Å². The number of guanidine groups is 1.